The van der Waals surface area contributed by atoms with E-state index in [2.05, 4.69) is 50.4 Å². The largest absolute Gasteiger partial charge is 0.293 e. The van der Waals surface area contributed by atoms with Crippen molar-refractivity contribution in [1.29, 1.82) is 0 Å². The molecule has 0 radical (unpaired) electrons. The highest BCUT2D eigenvalue weighted by Crippen LogP contribution is 2.21. The maximum Gasteiger partial charge on any atom is 0.181 e. The first kappa shape index (κ1) is 15.0. The molecule has 3 heterocycles. The molecule has 0 saturated carbocycles. The maximum atomic E-state index is 4.29. The van der Waals surface area contributed by atoms with Crippen molar-refractivity contribution >= 4 is 23.4 Å². The number of benzene rings is 1. The van der Waals surface area contributed by atoms with Crippen LogP contribution in [0, 0.1) is 0 Å². The normalized spacial score (nSPS) is 15.1. The molecule has 1 aliphatic heterocycles. The number of nitrogens with one attached hydrogen (secondary N) is 1. The minimum atomic E-state index is 0. The number of aromatic nitrogens is 3. The number of aryl methyl sites for hydroxylation is 1. The summed E-state index contributed by atoms with van der Waals surface area (Å²) >= 11 is 0. The van der Waals surface area contributed by atoms with Gasteiger partial charge in [-0.1, -0.05) is 24.3 Å². The van der Waals surface area contributed by atoms with Gasteiger partial charge in [0.25, 0.3) is 0 Å². The van der Waals surface area contributed by atoms with Crippen molar-refractivity contribution in [3.05, 3.63) is 59.4 Å². The van der Waals surface area contributed by atoms with E-state index in [1.54, 1.807) is 6.20 Å². The first-order chi connectivity index (χ1) is 10.4. The second kappa shape index (κ2) is 6.46. The van der Waals surface area contributed by atoms with Crippen LogP contribution in [-0.4, -0.2) is 26.6 Å². The molecule has 4 rings (SSSR count). The van der Waals surface area contributed by atoms with Crippen molar-refractivity contribution in [3.8, 4) is 0 Å². The van der Waals surface area contributed by atoms with Crippen molar-refractivity contribution in [2.24, 2.45) is 0 Å². The Kier molecular flexibility index (Phi) is 4.41. The Balaban J connectivity index is 0.00000144. The molecular weight excluding hydrogens is 296 g/mol. The Morgan fingerprint density at radius 2 is 1.95 bits per heavy atom. The van der Waals surface area contributed by atoms with Crippen molar-refractivity contribution in [3.63, 3.8) is 0 Å². The number of hydrogen-bond donors (Lipinski definition) is 1. The lowest BCUT2D eigenvalue weighted by atomic mass is 10.0. The fourth-order valence-corrected chi connectivity index (χ4v) is 3.15. The van der Waals surface area contributed by atoms with Crippen molar-refractivity contribution < 1.29 is 0 Å². The van der Waals surface area contributed by atoms with Gasteiger partial charge in [-0.05, 0) is 42.6 Å². The van der Waals surface area contributed by atoms with Crippen LogP contribution in [0.1, 0.15) is 23.2 Å². The van der Waals surface area contributed by atoms with E-state index in [4.69, 9.17) is 0 Å². The van der Waals surface area contributed by atoms with E-state index in [1.807, 2.05) is 6.07 Å². The molecule has 0 bridgehead atoms. The van der Waals surface area contributed by atoms with E-state index < -0.39 is 0 Å². The fourth-order valence-electron chi connectivity index (χ4n) is 3.15. The quantitative estimate of drug-likeness (QED) is 0.789. The van der Waals surface area contributed by atoms with E-state index in [0.29, 0.717) is 0 Å². The number of hydrogen-bond acceptors (Lipinski definition) is 3. The third kappa shape index (κ3) is 2.85. The number of halogens is 1. The zero-order valence-corrected chi connectivity index (χ0v) is 13.1. The molecular formula is C17H19ClN4. The Morgan fingerprint density at radius 3 is 2.86 bits per heavy atom. The van der Waals surface area contributed by atoms with E-state index >= 15 is 0 Å². The van der Waals surface area contributed by atoms with Crippen LogP contribution in [0.5, 0.6) is 0 Å². The summed E-state index contributed by atoms with van der Waals surface area (Å²) in [5, 5.41) is 8.57. The number of nitrogens with zero attached hydrogens (tertiary/aromatic N) is 3. The average molecular weight is 315 g/mol. The molecule has 2 aromatic heterocycles. The minimum absolute atomic E-state index is 0. The second-order valence-corrected chi connectivity index (χ2v) is 5.66. The van der Waals surface area contributed by atoms with Crippen LogP contribution < -0.4 is 0 Å². The van der Waals surface area contributed by atoms with Gasteiger partial charge in [-0.25, -0.2) is 4.98 Å². The Bertz CT molecular complexity index is 768. The van der Waals surface area contributed by atoms with Crippen LogP contribution >= 0.6 is 12.4 Å². The zero-order chi connectivity index (χ0) is 14.1. The lowest BCUT2D eigenvalue weighted by molar-refractivity contribution is 0.259. The predicted octanol–water partition coefficient (Wildman–Crippen LogP) is 3.33. The Labute approximate surface area is 136 Å². The first-order valence-corrected chi connectivity index (χ1v) is 7.47. The minimum Gasteiger partial charge on any atom is -0.293 e. The molecule has 4 nitrogen and oxygen atoms in total. The SMILES string of the molecule is Cl.c1ccc2c(c1)CCCN(Cc1[nH]nc3ncccc13)C2. The van der Waals surface area contributed by atoms with Crippen LogP contribution in [0.15, 0.2) is 42.6 Å². The Hall–Kier alpha value is -1.91. The summed E-state index contributed by atoms with van der Waals surface area (Å²) in [4.78, 5) is 6.78. The Morgan fingerprint density at radius 1 is 1.09 bits per heavy atom. The summed E-state index contributed by atoms with van der Waals surface area (Å²) in [7, 11) is 0. The maximum absolute atomic E-state index is 4.29. The molecule has 0 fully saturated rings. The van der Waals surface area contributed by atoms with E-state index in [0.717, 1.165) is 36.4 Å². The van der Waals surface area contributed by atoms with Gasteiger partial charge in [0.2, 0.25) is 0 Å². The molecule has 1 aromatic carbocycles. The molecule has 0 amide bonds. The van der Waals surface area contributed by atoms with Crippen LogP contribution in [-0.2, 0) is 19.5 Å². The van der Waals surface area contributed by atoms with Crippen molar-refractivity contribution in [2.45, 2.75) is 25.9 Å². The number of fused-ring (bicyclic) bond motifs is 2. The smallest absolute Gasteiger partial charge is 0.181 e. The van der Waals surface area contributed by atoms with Gasteiger partial charge in [-0.3, -0.25) is 10.00 Å². The first-order valence-electron chi connectivity index (χ1n) is 7.47. The molecule has 5 heteroatoms. The van der Waals surface area contributed by atoms with Crippen LogP contribution in [0.2, 0.25) is 0 Å². The van der Waals surface area contributed by atoms with E-state index in [1.165, 1.54) is 24.0 Å². The van der Waals surface area contributed by atoms with Crippen LogP contribution in [0.4, 0.5) is 0 Å². The number of H-pyrrole nitrogens is 1. The summed E-state index contributed by atoms with van der Waals surface area (Å²) in [6.45, 7) is 3.03. The number of aromatic amines is 1. The monoisotopic (exact) mass is 314 g/mol. The van der Waals surface area contributed by atoms with Gasteiger partial charge in [0, 0.05) is 24.7 Å². The second-order valence-electron chi connectivity index (χ2n) is 5.66. The summed E-state index contributed by atoms with van der Waals surface area (Å²) in [6.07, 6.45) is 4.18. The summed E-state index contributed by atoms with van der Waals surface area (Å²) < 4.78 is 0. The highest BCUT2D eigenvalue weighted by atomic mass is 35.5. The summed E-state index contributed by atoms with van der Waals surface area (Å²) in [5.41, 5.74) is 4.92. The number of pyridine rings is 1. The van der Waals surface area contributed by atoms with Crippen molar-refractivity contribution in [1.82, 2.24) is 20.1 Å². The van der Waals surface area contributed by atoms with Gasteiger partial charge in [0.05, 0.1) is 5.69 Å². The molecule has 3 aromatic rings. The lowest BCUT2D eigenvalue weighted by Crippen LogP contribution is -2.23. The van der Waals surface area contributed by atoms with Crippen LogP contribution in [0.3, 0.4) is 0 Å². The zero-order valence-electron chi connectivity index (χ0n) is 12.3. The number of rotatable bonds is 2. The van der Waals surface area contributed by atoms with E-state index in [-0.39, 0.29) is 12.4 Å². The molecule has 1 aliphatic rings. The third-order valence-electron chi connectivity index (χ3n) is 4.22. The van der Waals surface area contributed by atoms with Gasteiger partial charge in [0.1, 0.15) is 0 Å². The average Bonchev–Trinajstić information content (AvgIpc) is 2.80. The molecule has 114 valence electrons. The molecule has 0 unspecified atom stereocenters. The van der Waals surface area contributed by atoms with E-state index in [9.17, 15) is 0 Å². The standard InChI is InChI=1S/C17H18N4.ClH/c1-2-6-14-11-21(10-4-7-13(14)5-1)12-16-15-8-3-9-18-17(15)20-19-16;/h1-3,5-6,8-9H,4,7,10-12H2,(H,18,19,20);1H. The predicted molar refractivity (Wildman–Crippen MR) is 90.0 cm³/mol. The summed E-state index contributed by atoms with van der Waals surface area (Å²) in [5.74, 6) is 0. The van der Waals surface area contributed by atoms with Crippen LogP contribution in [0.25, 0.3) is 11.0 Å². The third-order valence-corrected chi connectivity index (χ3v) is 4.22. The van der Waals surface area contributed by atoms with Gasteiger partial charge >= 0.3 is 0 Å². The highest BCUT2D eigenvalue weighted by molar-refractivity contribution is 5.85. The highest BCUT2D eigenvalue weighted by Gasteiger charge is 2.16. The van der Waals surface area contributed by atoms with Gasteiger partial charge in [-0.2, -0.15) is 5.10 Å². The topological polar surface area (TPSA) is 44.8 Å². The molecule has 22 heavy (non-hydrogen) atoms. The van der Waals surface area contributed by atoms with Crippen molar-refractivity contribution in [2.75, 3.05) is 6.54 Å². The van der Waals surface area contributed by atoms with Gasteiger partial charge in [0.15, 0.2) is 5.65 Å². The van der Waals surface area contributed by atoms with Gasteiger partial charge in [-0.15, -0.1) is 12.4 Å². The molecule has 0 aliphatic carbocycles. The molecule has 1 N–H and O–H groups in total. The molecule has 0 saturated heterocycles. The van der Waals surface area contributed by atoms with Gasteiger partial charge < -0.3 is 0 Å². The molecule has 0 spiro atoms. The molecule has 0 atom stereocenters. The fraction of sp³-hybridized carbons (Fsp3) is 0.294. The lowest BCUT2D eigenvalue weighted by Gasteiger charge is -2.19. The summed E-state index contributed by atoms with van der Waals surface area (Å²) in [6, 6.07) is 12.8.